The van der Waals surface area contributed by atoms with Gasteiger partial charge in [-0.1, -0.05) is 32.4 Å². The number of alkyl halides is 1. The first-order valence-corrected chi connectivity index (χ1v) is 6.83. The smallest absolute Gasteiger partial charge is 0.0738 e. The van der Waals surface area contributed by atoms with Crippen LogP contribution in [0.2, 0.25) is 0 Å². The molecule has 1 aromatic heterocycles. The van der Waals surface area contributed by atoms with E-state index in [0.29, 0.717) is 5.88 Å². The van der Waals surface area contributed by atoms with Gasteiger partial charge in [0, 0.05) is 22.4 Å². The average Bonchev–Trinajstić information content (AvgIpc) is 2.26. The van der Waals surface area contributed by atoms with Gasteiger partial charge in [0.25, 0.3) is 0 Å². The van der Waals surface area contributed by atoms with E-state index in [4.69, 9.17) is 16.6 Å². The monoisotopic (exact) mass is 261 g/mol. The lowest BCUT2D eigenvalue weighted by Crippen LogP contribution is -2.14. The molecular weight excluding hydrogens is 242 g/mol. The maximum absolute atomic E-state index is 6.10. The highest BCUT2D eigenvalue weighted by Gasteiger charge is 2.18. The Hall–Kier alpha value is -1.08. The van der Waals surface area contributed by atoms with Crippen LogP contribution in [0, 0.1) is 13.8 Å². The molecule has 0 aliphatic heterocycles. The summed E-state index contributed by atoms with van der Waals surface area (Å²) in [5, 5.41) is 1.19. The van der Waals surface area contributed by atoms with Gasteiger partial charge < -0.3 is 0 Å². The van der Waals surface area contributed by atoms with Crippen LogP contribution in [0.25, 0.3) is 10.9 Å². The van der Waals surface area contributed by atoms with E-state index in [2.05, 4.69) is 52.8 Å². The predicted octanol–water partition coefficient (Wildman–Crippen LogP) is 4.89. The number of aromatic nitrogens is 1. The molecule has 18 heavy (non-hydrogen) atoms. The predicted molar refractivity (Wildman–Crippen MR) is 79.5 cm³/mol. The van der Waals surface area contributed by atoms with E-state index in [-0.39, 0.29) is 5.41 Å². The molecule has 2 aromatic rings. The molecule has 1 heterocycles. The van der Waals surface area contributed by atoms with Gasteiger partial charge in [0.1, 0.15) is 0 Å². The topological polar surface area (TPSA) is 12.9 Å². The van der Waals surface area contributed by atoms with Crippen molar-refractivity contribution in [1.29, 1.82) is 0 Å². The largest absolute Gasteiger partial charge is 0.252 e. The van der Waals surface area contributed by atoms with E-state index < -0.39 is 0 Å². The fourth-order valence-corrected chi connectivity index (χ4v) is 2.46. The first-order valence-electron chi connectivity index (χ1n) is 6.30. The number of halogens is 1. The van der Waals surface area contributed by atoms with Crippen LogP contribution in [0.1, 0.15) is 43.2 Å². The molecule has 2 rings (SSSR count). The molecule has 0 unspecified atom stereocenters. The van der Waals surface area contributed by atoms with Crippen molar-refractivity contribution < 1.29 is 0 Å². The van der Waals surface area contributed by atoms with Crippen molar-refractivity contribution in [2.24, 2.45) is 0 Å². The molecule has 0 aliphatic rings. The second kappa shape index (κ2) is 4.55. The molecule has 1 aromatic carbocycles. The third-order valence-electron chi connectivity index (χ3n) is 3.25. The Bertz CT molecular complexity index is 594. The van der Waals surface area contributed by atoms with Crippen molar-refractivity contribution in [3.63, 3.8) is 0 Å². The van der Waals surface area contributed by atoms with E-state index in [9.17, 15) is 0 Å². The quantitative estimate of drug-likeness (QED) is 0.666. The number of aryl methyl sites for hydroxylation is 2. The number of hydrogen-bond acceptors (Lipinski definition) is 1. The van der Waals surface area contributed by atoms with Crippen molar-refractivity contribution in [1.82, 2.24) is 4.98 Å². The van der Waals surface area contributed by atoms with Crippen LogP contribution < -0.4 is 0 Å². The maximum Gasteiger partial charge on any atom is 0.0738 e. The third kappa shape index (κ3) is 2.37. The van der Waals surface area contributed by atoms with Crippen LogP contribution in [-0.4, -0.2) is 4.98 Å². The zero-order chi connectivity index (χ0) is 13.5. The molecule has 0 aliphatic carbocycles. The van der Waals surface area contributed by atoms with Crippen molar-refractivity contribution in [3.05, 3.63) is 40.6 Å². The molecule has 0 amide bonds. The lowest BCUT2D eigenvalue weighted by atomic mass is 9.89. The summed E-state index contributed by atoms with van der Waals surface area (Å²) in [7, 11) is 0. The fraction of sp³-hybridized carbons (Fsp3) is 0.438. The number of pyridine rings is 1. The van der Waals surface area contributed by atoms with E-state index >= 15 is 0 Å². The molecule has 0 N–H and O–H groups in total. The van der Waals surface area contributed by atoms with Gasteiger partial charge in [0.05, 0.1) is 5.52 Å². The highest BCUT2D eigenvalue weighted by atomic mass is 35.5. The maximum atomic E-state index is 6.10. The van der Waals surface area contributed by atoms with Gasteiger partial charge in [-0.25, -0.2) is 0 Å². The normalized spacial score (nSPS) is 12.1. The number of fused-ring (bicyclic) bond motifs is 1. The summed E-state index contributed by atoms with van der Waals surface area (Å²) < 4.78 is 0. The van der Waals surface area contributed by atoms with Crippen LogP contribution in [-0.2, 0) is 11.3 Å². The average molecular weight is 262 g/mol. The summed E-state index contributed by atoms with van der Waals surface area (Å²) in [6, 6.07) is 6.51. The van der Waals surface area contributed by atoms with Gasteiger partial charge in [0.2, 0.25) is 0 Å². The molecule has 0 radical (unpaired) electrons. The Morgan fingerprint density at radius 2 is 1.78 bits per heavy atom. The first-order chi connectivity index (χ1) is 8.32. The summed E-state index contributed by atoms with van der Waals surface area (Å²) in [6.07, 6.45) is 0. The Morgan fingerprint density at radius 3 is 2.33 bits per heavy atom. The molecule has 0 spiro atoms. The zero-order valence-corrected chi connectivity index (χ0v) is 12.5. The molecule has 0 saturated heterocycles. The van der Waals surface area contributed by atoms with Crippen LogP contribution in [0.5, 0.6) is 0 Å². The number of hydrogen-bond donors (Lipinski definition) is 0. The number of nitrogens with zero attached hydrogens (tertiary/aromatic N) is 1. The molecule has 0 atom stereocenters. The van der Waals surface area contributed by atoms with Crippen molar-refractivity contribution in [2.45, 2.75) is 45.9 Å². The minimum absolute atomic E-state index is 0.0479. The zero-order valence-electron chi connectivity index (χ0n) is 11.8. The highest BCUT2D eigenvalue weighted by molar-refractivity contribution is 6.18. The van der Waals surface area contributed by atoms with Gasteiger partial charge in [-0.2, -0.15) is 0 Å². The fourth-order valence-electron chi connectivity index (χ4n) is 2.24. The molecule has 0 fully saturated rings. The molecule has 2 heteroatoms. The Labute approximate surface area is 114 Å². The van der Waals surface area contributed by atoms with Crippen molar-refractivity contribution in [2.75, 3.05) is 0 Å². The Kier molecular flexibility index (Phi) is 3.37. The van der Waals surface area contributed by atoms with Gasteiger partial charge in [-0.15, -0.1) is 11.6 Å². The standard InChI is InChI=1S/C16H20ClN/c1-10-6-11(2)15-13(7-10)12(9-17)8-14(18-15)16(3,4)5/h6-8H,9H2,1-5H3. The number of rotatable bonds is 1. The minimum atomic E-state index is 0.0479. The Morgan fingerprint density at radius 1 is 1.11 bits per heavy atom. The lowest BCUT2D eigenvalue weighted by Gasteiger charge is -2.20. The summed E-state index contributed by atoms with van der Waals surface area (Å²) >= 11 is 6.10. The molecular formula is C16H20ClN. The van der Waals surface area contributed by atoms with Crippen LogP contribution in [0.3, 0.4) is 0 Å². The van der Waals surface area contributed by atoms with Gasteiger partial charge in [0.15, 0.2) is 0 Å². The third-order valence-corrected chi connectivity index (χ3v) is 3.53. The summed E-state index contributed by atoms with van der Waals surface area (Å²) in [5.74, 6) is 0.533. The number of benzene rings is 1. The van der Waals surface area contributed by atoms with E-state index in [1.54, 1.807) is 0 Å². The second-order valence-corrected chi connectivity index (χ2v) is 6.30. The van der Waals surface area contributed by atoms with E-state index in [1.807, 2.05) is 0 Å². The van der Waals surface area contributed by atoms with Crippen LogP contribution in [0.4, 0.5) is 0 Å². The lowest BCUT2D eigenvalue weighted by molar-refractivity contribution is 0.571. The second-order valence-electron chi connectivity index (χ2n) is 6.03. The summed E-state index contributed by atoms with van der Waals surface area (Å²) in [5.41, 5.74) is 5.91. The molecule has 1 nitrogen and oxygen atoms in total. The summed E-state index contributed by atoms with van der Waals surface area (Å²) in [4.78, 5) is 4.84. The van der Waals surface area contributed by atoms with E-state index in [1.165, 1.54) is 22.1 Å². The van der Waals surface area contributed by atoms with Crippen molar-refractivity contribution in [3.8, 4) is 0 Å². The van der Waals surface area contributed by atoms with Gasteiger partial charge >= 0.3 is 0 Å². The SMILES string of the molecule is Cc1cc(C)c2nc(C(C)(C)C)cc(CCl)c2c1. The van der Waals surface area contributed by atoms with Crippen LogP contribution >= 0.6 is 11.6 Å². The molecule has 0 saturated carbocycles. The minimum Gasteiger partial charge on any atom is -0.252 e. The van der Waals surface area contributed by atoms with Crippen LogP contribution in [0.15, 0.2) is 18.2 Å². The molecule has 96 valence electrons. The van der Waals surface area contributed by atoms with E-state index in [0.717, 1.165) is 11.2 Å². The summed E-state index contributed by atoms with van der Waals surface area (Å²) in [6.45, 7) is 10.8. The van der Waals surface area contributed by atoms with Crippen molar-refractivity contribution >= 4 is 22.5 Å². The first kappa shape index (κ1) is 13.4. The molecule has 0 bridgehead atoms. The van der Waals surface area contributed by atoms with Gasteiger partial charge in [-0.3, -0.25) is 4.98 Å². The Balaban J connectivity index is 2.84. The highest BCUT2D eigenvalue weighted by Crippen LogP contribution is 2.29. The van der Waals surface area contributed by atoms with Gasteiger partial charge in [-0.05, 0) is 37.1 Å².